The van der Waals surface area contributed by atoms with Crippen LogP contribution in [0.5, 0.6) is 0 Å². The van der Waals surface area contributed by atoms with Crippen LogP contribution in [-0.4, -0.2) is 5.91 Å². The molecule has 0 saturated heterocycles. The van der Waals surface area contributed by atoms with Crippen LogP contribution in [0.15, 0.2) is 30.3 Å². The van der Waals surface area contributed by atoms with Crippen LogP contribution in [0.2, 0.25) is 0 Å². The molecule has 1 fully saturated rings. The van der Waals surface area contributed by atoms with E-state index in [2.05, 4.69) is 17.4 Å². The normalized spacial score (nSPS) is 18.4. The molecule has 97 valence electrons. The highest BCUT2D eigenvalue weighted by atomic mass is 16.1. The van der Waals surface area contributed by atoms with Crippen molar-refractivity contribution in [2.45, 2.75) is 38.6 Å². The fraction of sp³-hybridized carbons (Fsp3) is 0.467. The zero-order chi connectivity index (χ0) is 12.8. The van der Waals surface area contributed by atoms with Gasteiger partial charge in [0, 0.05) is 13.1 Å². The minimum Gasteiger partial charge on any atom is -0.369 e. The van der Waals surface area contributed by atoms with Gasteiger partial charge in [0.15, 0.2) is 0 Å². The van der Waals surface area contributed by atoms with Gasteiger partial charge in [-0.1, -0.05) is 49.6 Å². The third kappa shape index (κ3) is 3.10. The smallest absolute Gasteiger partial charge is 0.225 e. The van der Waals surface area contributed by atoms with Crippen molar-refractivity contribution in [2.75, 3.05) is 0 Å². The molecule has 1 saturated carbocycles. The first-order valence-corrected chi connectivity index (χ1v) is 6.65. The van der Waals surface area contributed by atoms with Crippen molar-refractivity contribution in [3.05, 3.63) is 42.4 Å². The second-order valence-electron chi connectivity index (χ2n) is 5.09. The lowest BCUT2D eigenvalue weighted by Crippen LogP contribution is -2.42. The molecule has 0 heterocycles. The monoisotopic (exact) mass is 245 g/mol. The van der Waals surface area contributed by atoms with Crippen LogP contribution in [0.4, 0.5) is 0 Å². The molecule has 1 aromatic rings. The number of hydrogen-bond donors (Lipinski definition) is 2. The number of carbonyl (C=O) groups excluding carboxylic acids is 1. The lowest BCUT2D eigenvalue weighted by Gasteiger charge is -2.34. The summed E-state index contributed by atoms with van der Waals surface area (Å²) in [6.45, 7) is 2.68. The molecule has 0 unspecified atom stereocenters. The van der Waals surface area contributed by atoms with Gasteiger partial charge in [-0.3, -0.25) is 4.79 Å². The summed E-state index contributed by atoms with van der Waals surface area (Å²) in [5.41, 5.74) is 6.35. The molecule has 0 bridgehead atoms. The summed E-state index contributed by atoms with van der Waals surface area (Å²) in [7, 11) is 0. The number of nitrogens with two attached hydrogens (primary N) is 1. The van der Waals surface area contributed by atoms with Crippen molar-refractivity contribution in [1.29, 1.82) is 0 Å². The number of nitrogens with one attached hydrogen (secondary N) is 1. The number of amides is 1. The molecule has 0 spiro atoms. The third-order valence-corrected chi connectivity index (χ3v) is 3.76. The second kappa shape index (κ2) is 6.01. The minimum absolute atomic E-state index is 0.192. The predicted molar refractivity (Wildman–Crippen MR) is 72.3 cm³/mol. The Morgan fingerprint density at radius 2 is 1.89 bits per heavy atom. The lowest BCUT2D eigenvalue weighted by atomic mass is 9.73. The highest BCUT2D eigenvalue weighted by Crippen LogP contribution is 2.37. The van der Waals surface area contributed by atoms with Gasteiger partial charge in [0.2, 0.25) is 5.91 Å². The molecule has 1 radical (unpaired) electrons. The van der Waals surface area contributed by atoms with Gasteiger partial charge in [-0.2, -0.15) is 0 Å². The van der Waals surface area contributed by atoms with E-state index in [1.165, 1.54) is 12.0 Å². The molecule has 3 nitrogen and oxygen atoms in total. The Morgan fingerprint density at radius 3 is 2.50 bits per heavy atom. The van der Waals surface area contributed by atoms with E-state index in [4.69, 9.17) is 5.73 Å². The first-order valence-electron chi connectivity index (χ1n) is 6.65. The van der Waals surface area contributed by atoms with Crippen LogP contribution in [0, 0.1) is 12.0 Å². The van der Waals surface area contributed by atoms with Crippen molar-refractivity contribution in [1.82, 2.24) is 5.32 Å². The first-order chi connectivity index (χ1) is 8.73. The number of carbonyl (C=O) groups is 1. The van der Waals surface area contributed by atoms with Crippen molar-refractivity contribution >= 4 is 5.91 Å². The molecule has 3 N–H and O–H groups in total. The summed E-state index contributed by atoms with van der Waals surface area (Å²) in [5, 5.41) is 3.27. The van der Waals surface area contributed by atoms with Crippen molar-refractivity contribution in [2.24, 2.45) is 11.1 Å². The van der Waals surface area contributed by atoms with Gasteiger partial charge in [-0.15, -0.1) is 0 Å². The van der Waals surface area contributed by atoms with Gasteiger partial charge < -0.3 is 11.1 Å². The zero-order valence-electron chi connectivity index (χ0n) is 10.7. The molecular weight excluding hydrogens is 224 g/mol. The largest absolute Gasteiger partial charge is 0.369 e. The average molecular weight is 245 g/mol. The minimum atomic E-state index is -0.437. The van der Waals surface area contributed by atoms with Crippen LogP contribution >= 0.6 is 0 Å². The highest BCUT2D eigenvalue weighted by Gasteiger charge is 2.37. The molecule has 1 aliphatic carbocycles. The summed E-state index contributed by atoms with van der Waals surface area (Å²) in [6.07, 6.45) is 5.15. The number of primary amides is 1. The van der Waals surface area contributed by atoms with Crippen molar-refractivity contribution in [3.63, 3.8) is 0 Å². The van der Waals surface area contributed by atoms with Gasteiger partial charge in [0.05, 0.1) is 5.41 Å². The van der Waals surface area contributed by atoms with Gasteiger partial charge in [-0.25, -0.2) is 0 Å². The van der Waals surface area contributed by atoms with E-state index in [1.807, 2.05) is 24.7 Å². The van der Waals surface area contributed by atoms with E-state index >= 15 is 0 Å². The van der Waals surface area contributed by atoms with Crippen LogP contribution in [0.3, 0.4) is 0 Å². The zero-order valence-corrected chi connectivity index (χ0v) is 10.7. The molecular formula is C15H21N2O. The Bertz CT molecular complexity index is 383. The Morgan fingerprint density at radius 1 is 1.22 bits per heavy atom. The summed E-state index contributed by atoms with van der Waals surface area (Å²) in [5.74, 6) is -0.192. The Hall–Kier alpha value is -1.35. The van der Waals surface area contributed by atoms with Gasteiger partial charge in [0.1, 0.15) is 0 Å². The summed E-state index contributed by atoms with van der Waals surface area (Å²) in [6, 6.07) is 10.2. The van der Waals surface area contributed by atoms with Gasteiger partial charge >= 0.3 is 0 Å². The number of rotatable bonds is 5. The van der Waals surface area contributed by atoms with E-state index in [-0.39, 0.29) is 5.91 Å². The molecule has 2 rings (SSSR count). The van der Waals surface area contributed by atoms with E-state index in [9.17, 15) is 4.79 Å². The number of benzene rings is 1. The van der Waals surface area contributed by atoms with Crippen LogP contribution in [0.1, 0.15) is 37.7 Å². The standard InChI is InChI=1S/C15H21N2O/c16-14(18)15(9-5-2-6-10-15)12-17-11-13-7-3-1-4-8-13/h1,3-4,7-8,12,17H,2,5-6,9-11H2,(H2,16,18). The second-order valence-corrected chi connectivity index (χ2v) is 5.09. The summed E-state index contributed by atoms with van der Waals surface area (Å²) < 4.78 is 0. The first kappa shape index (κ1) is 13.1. The van der Waals surface area contributed by atoms with Crippen LogP contribution < -0.4 is 11.1 Å². The Balaban J connectivity index is 1.88. The van der Waals surface area contributed by atoms with E-state index in [1.54, 1.807) is 0 Å². The summed E-state index contributed by atoms with van der Waals surface area (Å²) >= 11 is 0. The highest BCUT2D eigenvalue weighted by molar-refractivity contribution is 5.82. The van der Waals surface area contributed by atoms with Crippen LogP contribution in [-0.2, 0) is 11.3 Å². The molecule has 1 aromatic carbocycles. The predicted octanol–water partition coefficient (Wildman–Crippen LogP) is 2.37. The third-order valence-electron chi connectivity index (χ3n) is 3.76. The van der Waals surface area contributed by atoms with Crippen molar-refractivity contribution < 1.29 is 4.79 Å². The van der Waals surface area contributed by atoms with E-state index in [0.29, 0.717) is 0 Å². The van der Waals surface area contributed by atoms with E-state index < -0.39 is 5.41 Å². The average Bonchev–Trinajstić information content (AvgIpc) is 2.41. The summed E-state index contributed by atoms with van der Waals surface area (Å²) in [4.78, 5) is 11.7. The molecule has 0 aromatic heterocycles. The SMILES string of the molecule is NC(=O)C1([CH]NCc2ccccc2)CCCCC1. The molecule has 0 atom stereocenters. The van der Waals surface area contributed by atoms with E-state index in [0.717, 1.165) is 32.2 Å². The van der Waals surface area contributed by atoms with Crippen LogP contribution in [0.25, 0.3) is 0 Å². The topological polar surface area (TPSA) is 55.1 Å². The lowest BCUT2D eigenvalue weighted by molar-refractivity contribution is -0.127. The molecule has 1 amide bonds. The molecule has 0 aliphatic heterocycles. The van der Waals surface area contributed by atoms with Gasteiger partial charge in [-0.05, 0) is 18.4 Å². The maximum atomic E-state index is 11.7. The molecule has 3 heteroatoms. The maximum Gasteiger partial charge on any atom is 0.225 e. The Kier molecular flexibility index (Phi) is 4.37. The quantitative estimate of drug-likeness (QED) is 0.836. The van der Waals surface area contributed by atoms with Crippen molar-refractivity contribution in [3.8, 4) is 0 Å². The molecule has 18 heavy (non-hydrogen) atoms. The van der Waals surface area contributed by atoms with Gasteiger partial charge in [0.25, 0.3) is 0 Å². The number of hydrogen-bond acceptors (Lipinski definition) is 2. The fourth-order valence-electron chi connectivity index (χ4n) is 2.60. The molecule has 1 aliphatic rings. The Labute approximate surface area is 109 Å². The fourth-order valence-corrected chi connectivity index (χ4v) is 2.60. The maximum absolute atomic E-state index is 11.7.